The number of rotatable bonds is 8. The topological polar surface area (TPSA) is 55.1 Å². The van der Waals surface area contributed by atoms with Gasteiger partial charge < -0.3 is 11.1 Å². The molecule has 1 fully saturated rings. The molecule has 3 N–H and O–H groups in total. The Labute approximate surface area is 109 Å². The third-order valence-electron chi connectivity index (χ3n) is 3.74. The summed E-state index contributed by atoms with van der Waals surface area (Å²) < 4.78 is 0. The predicted molar refractivity (Wildman–Crippen MR) is 75.2 cm³/mol. The van der Waals surface area contributed by atoms with E-state index in [1.54, 1.807) is 0 Å². The summed E-state index contributed by atoms with van der Waals surface area (Å²) in [5.74, 6) is 1.42. The molecule has 1 amide bonds. The fourth-order valence-electron chi connectivity index (χ4n) is 2.51. The van der Waals surface area contributed by atoms with Gasteiger partial charge in [0.25, 0.3) is 0 Å². The lowest BCUT2D eigenvalue weighted by Crippen LogP contribution is -2.44. The van der Waals surface area contributed by atoms with Crippen molar-refractivity contribution in [3.8, 4) is 0 Å². The van der Waals surface area contributed by atoms with Crippen molar-refractivity contribution in [1.82, 2.24) is 5.32 Å². The maximum absolute atomic E-state index is 12.1. The Morgan fingerprint density at radius 3 is 2.59 bits per heavy atom. The molecule has 1 saturated carbocycles. The van der Waals surface area contributed by atoms with Gasteiger partial charge in [-0.15, -0.1) is 0 Å². The Balaban J connectivity index is 2.15. The van der Waals surface area contributed by atoms with Gasteiger partial charge in [0.05, 0.1) is 5.41 Å². The van der Waals surface area contributed by atoms with Crippen molar-refractivity contribution in [2.45, 2.75) is 44.9 Å². The molecule has 0 aromatic rings. The maximum atomic E-state index is 12.1. The molecule has 1 rings (SSSR count). The van der Waals surface area contributed by atoms with E-state index in [0.717, 1.165) is 38.6 Å². The van der Waals surface area contributed by atoms with Crippen LogP contribution in [0.15, 0.2) is 0 Å². The van der Waals surface area contributed by atoms with Gasteiger partial charge in [-0.1, -0.05) is 19.3 Å². The molecule has 100 valence electrons. The number of unbranched alkanes of at least 4 members (excludes halogenated alkanes) is 2. The average Bonchev–Trinajstić information content (AvgIpc) is 2.83. The summed E-state index contributed by atoms with van der Waals surface area (Å²) in [6.07, 6.45) is 9.93. The molecule has 3 nitrogen and oxygen atoms in total. The molecule has 0 heterocycles. The monoisotopic (exact) mass is 258 g/mol. The molecule has 0 aliphatic heterocycles. The summed E-state index contributed by atoms with van der Waals surface area (Å²) in [6.45, 7) is 1.32. The predicted octanol–water partition coefficient (Wildman–Crippen LogP) is 2.15. The number of hydrogen-bond donors (Lipinski definition) is 2. The average molecular weight is 258 g/mol. The number of nitrogens with one attached hydrogen (secondary N) is 1. The molecule has 1 aliphatic rings. The summed E-state index contributed by atoms with van der Waals surface area (Å²) in [5.41, 5.74) is 5.54. The van der Waals surface area contributed by atoms with E-state index in [9.17, 15) is 4.79 Å². The first-order valence-electron chi connectivity index (χ1n) is 6.72. The Bertz CT molecular complexity index is 227. The van der Waals surface area contributed by atoms with Crippen molar-refractivity contribution in [2.75, 3.05) is 25.1 Å². The van der Waals surface area contributed by atoms with Crippen LogP contribution < -0.4 is 11.1 Å². The second-order valence-electron chi connectivity index (χ2n) is 5.00. The van der Waals surface area contributed by atoms with E-state index in [4.69, 9.17) is 5.73 Å². The van der Waals surface area contributed by atoms with Gasteiger partial charge in [-0.05, 0) is 37.7 Å². The highest BCUT2D eigenvalue weighted by molar-refractivity contribution is 7.98. The van der Waals surface area contributed by atoms with Crippen LogP contribution in [0.5, 0.6) is 0 Å². The van der Waals surface area contributed by atoms with Crippen LogP contribution in [-0.4, -0.2) is 31.0 Å². The SMILES string of the molecule is CSCCCCCNC(=O)C1(CN)CCCC1. The van der Waals surface area contributed by atoms with E-state index in [1.165, 1.54) is 18.6 Å². The largest absolute Gasteiger partial charge is 0.356 e. The molecular formula is C13H26N2OS. The molecule has 0 bridgehead atoms. The van der Waals surface area contributed by atoms with E-state index in [1.807, 2.05) is 11.8 Å². The quantitative estimate of drug-likeness (QED) is 0.656. The van der Waals surface area contributed by atoms with Crippen molar-refractivity contribution < 1.29 is 4.79 Å². The third kappa shape index (κ3) is 4.51. The summed E-state index contributed by atoms with van der Waals surface area (Å²) in [5, 5.41) is 3.07. The molecule has 0 radical (unpaired) electrons. The first-order valence-corrected chi connectivity index (χ1v) is 8.12. The highest BCUT2D eigenvalue weighted by Gasteiger charge is 2.39. The number of carbonyl (C=O) groups excluding carboxylic acids is 1. The van der Waals surface area contributed by atoms with Crippen LogP contribution in [0.4, 0.5) is 0 Å². The first kappa shape index (κ1) is 14.8. The summed E-state index contributed by atoms with van der Waals surface area (Å²) in [7, 11) is 0. The van der Waals surface area contributed by atoms with E-state index in [-0.39, 0.29) is 11.3 Å². The molecule has 0 unspecified atom stereocenters. The molecule has 17 heavy (non-hydrogen) atoms. The number of amides is 1. The van der Waals surface area contributed by atoms with Crippen LogP contribution in [0.25, 0.3) is 0 Å². The second kappa shape index (κ2) is 7.98. The number of carbonyl (C=O) groups is 1. The summed E-state index contributed by atoms with van der Waals surface area (Å²) >= 11 is 1.89. The number of nitrogens with two attached hydrogens (primary N) is 1. The van der Waals surface area contributed by atoms with Gasteiger partial charge in [-0.25, -0.2) is 0 Å². The van der Waals surface area contributed by atoms with Crippen molar-refractivity contribution in [1.29, 1.82) is 0 Å². The zero-order chi connectivity index (χ0) is 12.6. The molecule has 0 atom stereocenters. The van der Waals surface area contributed by atoms with Gasteiger partial charge in [-0.2, -0.15) is 11.8 Å². The highest BCUT2D eigenvalue weighted by Crippen LogP contribution is 2.37. The minimum Gasteiger partial charge on any atom is -0.356 e. The second-order valence-corrected chi connectivity index (χ2v) is 5.99. The van der Waals surface area contributed by atoms with Gasteiger partial charge in [0, 0.05) is 13.1 Å². The van der Waals surface area contributed by atoms with E-state index >= 15 is 0 Å². The number of hydrogen-bond acceptors (Lipinski definition) is 3. The lowest BCUT2D eigenvalue weighted by molar-refractivity contribution is -0.130. The molecule has 0 spiro atoms. The molecular weight excluding hydrogens is 232 g/mol. The fraction of sp³-hybridized carbons (Fsp3) is 0.923. The minimum atomic E-state index is -0.237. The maximum Gasteiger partial charge on any atom is 0.227 e. The van der Waals surface area contributed by atoms with Gasteiger partial charge in [0.2, 0.25) is 5.91 Å². The van der Waals surface area contributed by atoms with Gasteiger partial charge >= 0.3 is 0 Å². The lowest BCUT2D eigenvalue weighted by atomic mass is 9.85. The molecule has 0 aromatic carbocycles. The minimum absolute atomic E-state index is 0.197. The van der Waals surface area contributed by atoms with Crippen molar-refractivity contribution in [3.63, 3.8) is 0 Å². The highest BCUT2D eigenvalue weighted by atomic mass is 32.2. The third-order valence-corrected chi connectivity index (χ3v) is 4.44. The van der Waals surface area contributed by atoms with Crippen LogP contribution >= 0.6 is 11.8 Å². The van der Waals surface area contributed by atoms with Crippen molar-refractivity contribution >= 4 is 17.7 Å². The molecule has 0 saturated heterocycles. The normalized spacial score (nSPS) is 18.2. The Morgan fingerprint density at radius 1 is 1.29 bits per heavy atom. The molecule has 1 aliphatic carbocycles. The van der Waals surface area contributed by atoms with Crippen LogP contribution in [0.3, 0.4) is 0 Å². The van der Waals surface area contributed by atoms with Crippen LogP contribution in [0, 0.1) is 5.41 Å². The van der Waals surface area contributed by atoms with Gasteiger partial charge in [0.15, 0.2) is 0 Å². The first-order chi connectivity index (χ1) is 8.25. The van der Waals surface area contributed by atoms with Crippen molar-refractivity contribution in [2.24, 2.45) is 11.1 Å². The standard InChI is InChI=1S/C13H26N2OS/c1-17-10-6-2-5-9-15-12(16)13(11-14)7-3-4-8-13/h2-11,14H2,1H3,(H,15,16). The smallest absolute Gasteiger partial charge is 0.227 e. The zero-order valence-corrected chi connectivity index (χ0v) is 11.8. The number of thioether (sulfide) groups is 1. The van der Waals surface area contributed by atoms with E-state index < -0.39 is 0 Å². The van der Waals surface area contributed by atoms with Crippen LogP contribution in [0.1, 0.15) is 44.9 Å². The lowest BCUT2D eigenvalue weighted by Gasteiger charge is -2.25. The van der Waals surface area contributed by atoms with Crippen molar-refractivity contribution in [3.05, 3.63) is 0 Å². The molecule has 0 aromatic heterocycles. The Morgan fingerprint density at radius 2 is 2.00 bits per heavy atom. The fourth-order valence-corrected chi connectivity index (χ4v) is 3.01. The van der Waals surface area contributed by atoms with Crippen LogP contribution in [0.2, 0.25) is 0 Å². The Kier molecular flexibility index (Phi) is 6.97. The van der Waals surface area contributed by atoms with E-state index in [0.29, 0.717) is 6.54 Å². The zero-order valence-electron chi connectivity index (χ0n) is 11.0. The summed E-state index contributed by atoms with van der Waals surface area (Å²) in [6, 6.07) is 0. The van der Waals surface area contributed by atoms with Gasteiger partial charge in [0.1, 0.15) is 0 Å². The van der Waals surface area contributed by atoms with Gasteiger partial charge in [-0.3, -0.25) is 4.79 Å². The van der Waals surface area contributed by atoms with Crippen LogP contribution in [-0.2, 0) is 4.79 Å². The Hall–Kier alpha value is -0.220. The molecule has 4 heteroatoms. The van der Waals surface area contributed by atoms with E-state index in [2.05, 4.69) is 11.6 Å². The summed E-state index contributed by atoms with van der Waals surface area (Å²) in [4.78, 5) is 12.1.